The molecule has 0 spiro atoms. The lowest BCUT2D eigenvalue weighted by Gasteiger charge is -2.29. The van der Waals surface area contributed by atoms with Crippen LogP contribution in [0.5, 0.6) is 11.5 Å². The molecule has 4 nitrogen and oxygen atoms in total. The van der Waals surface area contributed by atoms with Crippen LogP contribution in [0.1, 0.15) is 5.56 Å². The molecule has 0 unspecified atom stereocenters. The predicted octanol–water partition coefficient (Wildman–Crippen LogP) is 3.45. The van der Waals surface area contributed by atoms with E-state index < -0.39 is 0 Å². The van der Waals surface area contributed by atoms with E-state index in [1.807, 2.05) is 31.2 Å². The standard InChI is InChI=1S/C17H16ClNO3/c1-12-3-2-4-14(9-12)21-8-7-19-15-10-13(18)5-6-16(15)22-11-17(19)20/h2-6,9-10H,7-8,11H2,1H3. The van der Waals surface area contributed by atoms with Crippen molar-refractivity contribution in [2.45, 2.75) is 6.92 Å². The average molecular weight is 318 g/mol. The van der Waals surface area contributed by atoms with Gasteiger partial charge in [0.05, 0.1) is 12.2 Å². The van der Waals surface area contributed by atoms with Crippen LogP contribution in [0.3, 0.4) is 0 Å². The third-order valence-electron chi connectivity index (χ3n) is 3.44. The molecule has 0 aliphatic carbocycles. The Labute approximate surface area is 134 Å². The van der Waals surface area contributed by atoms with Crippen LogP contribution in [0.25, 0.3) is 0 Å². The number of halogens is 1. The number of amides is 1. The Morgan fingerprint density at radius 1 is 1.27 bits per heavy atom. The molecule has 0 atom stereocenters. The third-order valence-corrected chi connectivity index (χ3v) is 3.67. The number of hydrogen-bond acceptors (Lipinski definition) is 3. The van der Waals surface area contributed by atoms with Crippen molar-refractivity contribution in [3.63, 3.8) is 0 Å². The zero-order valence-corrected chi connectivity index (χ0v) is 13.0. The summed E-state index contributed by atoms with van der Waals surface area (Å²) in [5.74, 6) is 1.37. The normalized spacial score (nSPS) is 13.5. The van der Waals surface area contributed by atoms with Crippen molar-refractivity contribution >= 4 is 23.2 Å². The molecule has 0 bridgehead atoms. The number of anilines is 1. The SMILES string of the molecule is Cc1cccc(OCCN2C(=O)COc3ccc(Cl)cc32)c1. The van der Waals surface area contributed by atoms with Crippen molar-refractivity contribution in [1.82, 2.24) is 0 Å². The Bertz CT molecular complexity index is 702. The van der Waals surface area contributed by atoms with E-state index in [0.717, 1.165) is 11.3 Å². The van der Waals surface area contributed by atoms with Gasteiger partial charge in [0.2, 0.25) is 0 Å². The Morgan fingerprint density at radius 3 is 2.95 bits per heavy atom. The highest BCUT2D eigenvalue weighted by atomic mass is 35.5. The molecule has 0 N–H and O–H groups in total. The Balaban J connectivity index is 1.70. The summed E-state index contributed by atoms with van der Waals surface area (Å²) in [5.41, 5.74) is 1.83. The number of carbonyl (C=O) groups excluding carboxylic acids is 1. The minimum absolute atomic E-state index is 0.0408. The largest absolute Gasteiger partial charge is 0.492 e. The maximum absolute atomic E-state index is 12.1. The van der Waals surface area contributed by atoms with Crippen LogP contribution in [0.15, 0.2) is 42.5 Å². The van der Waals surface area contributed by atoms with Crippen molar-refractivity contribution in [2.75, 3.05) is 24.7 Å². The van der Waals surface area contributed by atoms with Crippen LogP contribution < -0.4 is 14.4 Å². The first-order valence-electron chi connectivity index (χ1n) is 7.06. The van der Waals surface area contributed by atoms with Gasteiger partial charge >= 0.3 is 0 Å². The number of rotatable bonds is 4. The summed E-state index contributed by atoms with van der Waals surface area (Å²) in [6.45, 7) is 2.90. The van der Waals surface area contributed by atoms with Gasteiger partial charge in [0.1, 0.15) is 18.1 Å². The van der Waals surface area contributed by atoms with Crippen molar-refractivity contribution in [1.29, 1.82) is 0 Å². The Hall–Kier alpha value is -2.20. The summed E-state index contributed by atoms with van der Waals surface area (Å²) in [5, 5.41) is 0.571. The molecule has 1 amide bonds. The quantitative estimate of drug-likeness (QED) is 0.867. The summed E-state index contributed by atoms with van der Waals surface area (Å²) in [4.78, 5) is 13.7. The van der Waals surface area contributed by atoms with Crippen LogP contribution in [0, 0.1) is 6.92 Å². The summed E-state index contributed by atoms with van der Waals surface area (Å²) < 4.78 is 11.1. The minimum Gasteiger partial charge on any atom is -0.492 e. The van der Waals surface area contributed by atoms with Gasteiger partial charge in [-0.25, -0.2) is 0 Å². The fraction of sp³-hybridized carbons (Fsp3) is 0.235. The highest BCUT2D eigenvalue weighted by Crippen LogP contribution is 2.34. The zero-order chi connectivity index (χ0) is 15.5. The Morgan fingerprint density at radius 2 is 2.14 bits per heavy atom. The van der Waals surface area contributed by atoms with Gasteiger partial charge in [-0.15, -0.1) is 0 Å². The van der Waals surface area contributed by atoms with Crippen LogP contribution in [-0.2, 0) is 4.79 Å². The number of aryl methyl sites for hydroxylation is 1. The molecule has 0 saturated heterocycles. The lowest BCUT2D eigenvalue weighted by Crippen LogP contribution is -2.41. The van der Waals surface area contributed by atoms with Crippen LogP contribution >= 0.6 is 11.6 Å². The molecule has 5 heteroatoms. The lowest BCUT2D eigenvalue weighted by molar-refractivity contribution is -0.121. The molecule has 1 heterocycles. The second-order valence-corrected chi connectivity index (χ2v) is 5.55. The van der Waals surface area contributed by atoms with E-state index in [-0.39, 0.29) is 12.5 Å². The van der Waals surface area contributed by atoms with Gasteiger partial charge in [0.15, 0.2) is 6.61 Å². The smallest absolute Gasteiger partial charge is 0.265 e. The Kier molecular flexibility index (Phi) is 4.20. The molecule has 0 aromatic heterocycles. The summed E-state index contributed by atoms with van der Waals surface area (Å²) in [7, 11) is 0. The van der Waals surface area contributed by atoms with Gasteiger partial charge in [-0.3, -0.25) is 4.79 Å². The van der Waals surface area contributed by atoms with E-state index in [1.165, 1.54) is 0 Å². The number of hydrogen-bond donors (Lipinski definition) is 0. The van der Waals surface area contributed by atoms with E-state index in [0.29, 0.717) is 29.6 Å². The van der Waals surface area contributed by atoms with Crippen molar-refractivity contribution in [3.05, 3.63) is 53.1 Å². The summed E-state index contributed by atoms with van der Waals surface area (Å²) in [6.07, 6.45) is 0. The fourth-order valence-electron chi connectivity index (χ4n) is 2.38. The zero-order valence-electron chi connectivity index (χ0n) is 12.2. The van der Waals surface area contributed by atoms with Crippen molar-refractivity contribution < 1.29 is 14.3 Å². The first-order chi connectivity index (χ1) is 10.6. The number of fused-ring (bicyclic) bond motifs is 1. The van der Waals surface area contributed by atoms with Gasteiger partial charge in [-0.1, -0.05) is 23.7 Å². The summed E-state index contributed by atoms with van der Waals surface area (Å²) >= 11 is 6.01. The van der Waals surface area contributed by atoms with E-state index >= 15 is 0 Å². The molecular formula is C17H16ClNO3. The highest BCUT2D eigenvalue weighted by molar-refractivity contribution is 6.31. The molecule has 114 valence electrons. The monoisotopic (exact) mass is 317 g/mol. The van der Waals surface area contributed by atoms with Gasteiger partial charge in [-0.05, 0) is 42.8 Å². The van der Waals surface area contributed by atoms with Crippen LogP contribution in [0.2, 0.25) is 5.02 Å². The molecular weight excluding hydrogens is 302 g/mol. The molecule has 0 radical (unpaired) electrons. The van der Waals surface area contributed by atoms with Crippen molar-refractivity contribution in [3.8, 4) is 11.5 Å². The van der Waals surface area contributed by atoms with E-state index in [9.17, 15) is 4.79 Å². The van der Waals surface area contributed by atoms with Crippen LogP contribution in [-0.4, -0.2) is 25.7 Å². The lowest BCUT2D eigenvalue weighted by atomic mass is 10.2. The number of nitrogens with zero attached hydrogens (tertiary/aromatic N) is 1. The highest BCUT2D eigenvalue weighted by Gasteiger charge is 2.25. The van der Waals surface area contributed by atoms with Crippen LogP contribution in [0.4, 0.5) is 5.69 Å². The first kappa shape index (κ1) is 14.7. The van der Waals surface area contributed by atoms with Gasteiger partial charge in [0.25, 0.3) is 5.91 Å². The van der Waals surface area contributed by atoms with E-state index in [4.69, 9.17) is 21.1 Å². The van der Waals surface area contributed by atoms with E-state index in [2.05, 4.69) is 0 Å². The maximum atomic E-state index is 12.1. The minimum atomic E-state index is -0.0948. The maximum Gasteiger partial charge on any atom is 0.265 e. The van der Waals surface area contributed by atoms with Gasteiger partial charge in [0, 0.05) is 5.02 Å². The summed E-state index contributed by atoms with van der Waals surface area (Å²) in [6, 6.07) is 13.1. The molecule has 0 fully saturated rings. The molecule has 3 rings (SSSR count). The van der Waals surface area contributed by atoms with Crippen molar-refractivity contribution in [2.24, 2.45) is 0 Å². The number of carbonyl (C=O) groups is 1. The number of benzene rings is 2. The molecule has 22 heavy (non-hydrogen) atoms. The third kappa shape index (κ3) is 3.17. The van der Waals surface area contributed by atoms with Gasteiger partial charge in [-0.2, -0.15) is 0 Å². The number of ether oxygens (including phenoxy) is 2. The van der Waals surface area contributed by atoms with Gasteiger partial charge < -0.3 is 14.4 Å². The molecule has 2 aromatic carbocycles. The second kappa shape index (κ2) is 6.28. The first-order valence-corrected chi connectivity index (χ1v) is 7.43. The predicted molar refractivity (Wildman–Crippen MR) is 86.0 cm³/mol. The molecule has 1 aliphatic heterocycles. The second-order valence-electron chi connectivity index (χ2n) is 5.11. The molecule has 2 aromatic rings. The molecule has 1 aliphatic rings. The topological polar surface area (TPSA) is 38.8 Å². The fourth-order valence-corrected chi connectivity index (χ4v) is 2.55. The molecule has 0 saturated carbocycles. The van der Waals surface area contributed by atoms with E-state index in [1.54, 1.807) is 23.1 Å². The average Bonchev–Trinajstić information content (AvgIpc) is 2.50.